The van der Waals surface area contributed by atoms with Gasteiger partial charge >= 0.3 is 5.97 Å². The lowest BCUT2D eigenvalue weighted by Gasteiger charge is -2.46. The van der Waals surface area contributed by atoms with Crippen LogP contribution in [0.1, 0.15) is 71.6 Å². The Kier molecular flexibility index (Phi) is 5.53. The van der Waals surface area contributed by atoms with Crippen molar-refractivity contribution in [1.29, 1.82) is 0 Å². The van der Waals surface area contributed by atoms with E-state index >= 15 is 0 Å². The fourth-order valence-electron chi connectivity index (χ4n) is 7.29. The Morgan fingerprint density at radius 2 is 1.83 bits per heavy atom. The highest BCUT2D eigenvalue weighted by molar-refractivity contribution is 5.76. The third-order valence-electron chi connectivity index (χ3n) is 9.03. The molecule has 0 radical (unpaired) electrons. The molecule has 0 aromatic carbocycles. The number of hydrogen-bond acceptors (Lipinski definition) is 4. The Labute approximate surface area is 177 Å². The van der Waals surface area contributed by atoms with E-state index < -0.39 is 0 Å². The third-order valence-corrected chi connectivity index (χ3v) is 9.03. The lowest BCUT2D eigenvalue weighted by Crippen LogP contribution is -2.52. The predicted molar refractivity (Wildman–Crippen MR) is 116 cm³/mol. The minimum atomic E-state index is 0.0485. The van der Waals surface area contributed by atoms with E-state index in [0.717, 1.165) is 32.1 Å². The quantitative estimate of drug-likeness (QED) is 0.524. The second-order valence-electron chi connectivity index (χ2n) is 11.0. The van der Waals surface area contributed by atoms with Crippen molar-refractivity contribution in [1.82, 2.24) is 9.80 Å². The summed E-state index contributed by atoms with van der Waals surface area (Å²) < 4.78 is 5.96. The summed E-state index contributed by atoms with van der Waals surface area (Å²) in [5, 5.41) is 0. The normalized spacial score (nSPS) is 42.1. The molecule has 0 spiro atoms. The van der Waals surface area contributed by atoms with Gasteiger partial charge in [0, 0.05) is 44.7 Å². The molecule has 0 bridgehead atoms. The van der Waals surface area contributed by atoms with Gasteiger partial charge in [0.25, 0.3) is 0 Å². The maximum Gasteiger partial charge on any atom is 0.311 e. The number of allylic oxidation sites excluding steroid dienone is 1. The zero-order valence-electron chi connectivity index (χ0n) is 18.6. The van der Waals surface area contributed by atoms with Gasteiger partial charge < -0.3 is 4.74 Å². The van der Waals surface area contributed by atoms with Crippen LogP contribution in [0.25, 0.3) is 0 Å². The first kappa shape index (κ1) is 20.1. The Balaban J connectivity index is 1.23. The van der Waals surface area contributed by atoms with Crippen molar-refractivity contribution in [2.75, 3.05) is 32.7 Å². The average Bonchev–Trinajstić information content (AvgIpc) is 3.01. The van der Waals surface area contributed by atoms with Crippen LogP contribution in [0.3, 0.4) is 0 Å². The molecule has 5 aliphatic rings. The molecule has 4 heteroatoms. The third kappa shape index (κ3) is 3.80. The zero-order chi connectivity index (χ0) is 20.0. The van der Waals surface area contributed by atoms with Crippen LogP contribution < -0.4 is 0 Å². The van der Waals surface area contributed by atoms with Gasteiger partial charge in [0.1, 0.15) is 6.10 Å². The van der Waals surface area contributed by atoms with E-state index in [9.17, 15) is 4.79 Å². The lowest BCUT2D eigenvalue weighted by molar-refractivity contribution is -0.145. The van der Waals surface area contributed by atoms with E-state index in [4.69, 9.17) is 4.74 Å². The van der Waals surface area contributed by atoms with Crippen molar-refractivity contribution in [2.45, 2.75) is 83.8 Å². The molecule has 2 saturated carbocycles. The average molecular weight is 401 g/mol. The van der Waals surface area contributed by atoms with E-state index in [1.807, 2.05) is 0 Å². The summed E-state index contributed by atoms with van der Waals surface area (Å²) in [6.07, 6.45) is 14.6. The van der Waals surface area contributed by atoms with Gasteiger partial charge in [-0.2, -0.15) is 0 Å². The number of ether oxygens (including phenoxy) is 1. The topological polar surface area (TPSA) is 32.8 Å². The minimum Gasteiger partial charge on any atom is -0.461 e. The van der Waals surface area contributed by atoms with Gasteiger partial charge in [-0.25, -0.2) is 0 Å². The first-order valence-corrected chi connectivity index (χ1v) is 12.4. The van der Waals surface area contributed by atoms with Gasteiger partial charge in [-0.05, 0) is 43.4 Å². The molecule has 0 aromatic heterocycles. The number of esters is 1. The molecule has 2 aliphatic heterocycles. The van der Waals surface area contributed by atoms with Gasteiger partial charge in [0.05, 0.1) is 5.92 Å². The van der Waals surface area contributed by atoms with Crippen LogP contribution in [0.2, 0.25) is 0 Å². The van der Waals surface area contributed by atoms with Crippen molar-refractivity contribution in [3.8, 4) is 0 Å². The fourth-order valence-corrected chi connectivity index (χ4v) is 7.29. The highest BCUT2D eigenvalue weighted by atomic mass is 16.6. The SMILES string of the molecule is C[C@H]1CCC[C@]2(C)C[C@H]3OC(=O)[C@@H](CN4CCN(C5CCCCC5)CC4)[C@H]3C=C12. The summed E-state index contributed by atoms with van der Waals surface area (Å²) in [5.41, 5.74) is 1.90. The van der Waals surface area contributed by atoms with Gasteiger partial charge in [-0.1, -0.05) is 51.2 Å². The monoisotopic (exact) mass is 400 g/mol. The molecule has 0 amide bonds. The van der Waals surface area contributed by atoms with Crippen molar-refractivity contribution in [3.05, 3.63) is 11.6 Å². The second kappa shape index (κ2) is 8.00. The summed E-state index contributed by atoms with van der Waals surface area (Å²) in [4.78, 5) is 18.1. The van der Waals surface area contributed by atoms with Gasteiger partial charge in [-0.3, -0.25) is 14.6 Å². The van der Waals surface area contributed by atoms with Crippen molar-refractivity contribution in [3.63, 3.8) is 0 Å². The summed E-state index contributed by atoms with van der Waals surface area (Å²) in [5.74, 6) is 1.10. The van der Waals surface area contributed by atoms with Gasteiger partial charge in [0.2, 0.25) is 0 Å². The first-order chi connectivity index (χ1) is 14.0. The molecular weight excluding hydrogens is 360 g/mol. The highest BCUT2D eigenvalue weighted by Gasteiger charge is 2.52. The van der Waals surface area contributed by atoms with E-state index in [0.29, 0.717) is 11.8 Å². The second-order valence-corrected chi connectivity index (χ2v) is 11.0. The van der Waals surface area contributed by atoms with Crippen molar-refractivity contribution in [2.24, 2.45) is 23.2 Å². The molecule has 0 unspecified atom stereocenters. The van der Waals surface area contributed by atoms with Gasteiger partial charge in [0.15, 0.2) is 0 Å². The van der Waals surface area contributed by atoms with Crippen LogP contribution in [0.5, 0.6) is 0 Å². The first-order valence-electron chi connectivity index (χ1n) is 12.4. The molecule has 162 valence electrons. The highest BCUT2D eigenvalue weighted by Crippen LogP contribution is 2.54. The van der Waals surface area contributed by atoms with Crippen LogP contribution in [-0.4, -0.2) is 60.6 Å². The molecule has 4 fully saturated rings. The van der Waals surface area contributed by atoms with E-state index in [-0.39, 0.29) is 23.4 Å². The van der Waals surface area contributed by atoms with Gasteiger partial charge in [-0.15, -0.1) is 0 Å². The van der Waals surface area contributed by atoms with Crippen LogP contribution in [-0.2, 0) is 9.53 Å². The predicted octanol–water partition coefficient (Wildman–Crippen LogP) is 4.25. The molecule has 4 nitrogen and oxygen atoms in total. The van der Waals surface area contributed by atoms with Crippen LogP contribution >= 0.6 is 0 Å². The smallest absolute Gasteiger partial charge is 0.311 e. The molecule has 2 saturated heterocycles. The largest absolute Gasteiger partial charge is 0.461 e. The van der Waals surface area contributed by atoms with Crippen LogP contribution in [0.4, 0.5) is 0 Å². The molecule has 5 rings (SSSR count). The molecule has 3 aliphatic carbocycles. The summed E-state index contributed by atoms with van der Waals surface area (Å²) in [6, 6.07) is 0.820. The molecule has 5 atom stereocenters. The summed E-state index contributed by atoms with van der Waals surface area (Å²) in [7, 11) is 0. The molecule has 0 N–H and O–H groups in total. The minimum absolute atomic E-state index is 0.0485. The summed E-state index contributed by atoms with van der Waals surface area (Å²) >= 11 is 0. The van der Waals surface area contributed by atoms with Crippen molar-refractivity contribution >= 4 is 5.97 Å². The van der Waals surface area contributed by atoms with Crippen molar-refractivity contribution < 1.29 is 9.53 Å². The summed E-state index contributed by atoms with van der Waals surface area (Å²) in [6.45, 7) is 10.3. The Bertz CT molecular complexity index is 647. The standard InChI is InChI=1S/C25H40N2O2/c1-18-7-6-10-25(2)16-23-20(15-22(18)25)21(24(28)29-23)17-26-11-13-27(14-12-26)19-8-4-3-5-9-19/h15,18-21,23H,3-14,16-17H2,1-2H3/t18-,20+,21-,23+,25+/m0/s1. The lowest BCUT2D eigenvalue weighted by atomic mass is 9.59. The van der Waals surface area contributed by atoms with Crippen LogP contribution in [0.15, 0.2) is 11.6 Å². The fraction of sp³-hybridized carbons (Fsp3) is 0.880. The molecular formula is C25H40N2O2. The Morgan fingerprint density at radius 1 is 1.07 bits per heavy atom. The Hall–Kier alpha value is -0.870. The zero-order valence-corrected chi connectivity index (χ0v) is 18.6. The number of carbonyl (C=O) groups excluding carboxylic acids is 1. The van der Waals surface area contributed by atoms with E-state index in [1.165, 1.54) is 64.5 Å². The van der Waals surface area contributed by atoms with E-state index in [2.05, 4.69) is 29.7 Å². The number of fused-ring (bicyclic) bond motifs is 2. The van der Waals surface area contributed by atoms with E-state index in [1.54, 1.807) is 5.57 Å². The number of carbonyl (C=O) groups is 1. The maximum absolute atomic E-state index is 12.8. The number of rotatable bonds is 3. The van der Waals surface area contributed by atoms with Crippen LogP contribution in [0, 0.1) is 23.2 Å². The number of nitrogens with zero attached hydrogens (tertiary/aromatic N) is 2. The molecule has 2 heterocycles. The number of piperazine rings is 1. The molecule has 29 heavy (non-hydrogen) atoms. The molecule has 0 aromatic rings. The number of hydrogen-bond donors (Lipinski definition) is 0. The maximum atomic E-state index is 12.8. The Morgan fingerprint density at radius 3 is 2.59 bits per heavy atom.